The van der Waals surface area contributed by atoms with E-state index in [1.807, 2.05) is 12.1 Å². The van der Waals surface area contributed by atoms with Crippen molar-refractivity contribution in [3.8, 4) is 0 Å². The fourth-order valence-electron chi connectivity index (χ4n) is 2.46. The average molecular weight is 265 g/mol. The van der Waals surface area contributed by atoms with E-state index in [2.05, 4.69) is 16.8 Å². The van der Waals surface area contributed by atoms with E-state index in [1.54, 1.807) is 7.11 Å². The normalized spacial score (nSPS) is 22.7. The SMILES string of the molecule is COCCN1C(N)=NCC1(C)Cc1ccc(F)cc1. The molecule has 1 aliphatic heterocycles. The van der Waals surface area contributed by atoms with Gasteiger partial charge >= 0.3 is 0 Å². The van der Waals surface area contributed by atoms with E-state index in [-0.39, 0.29) is 11.4 Å². The highest BCUT2D eigenvalue weighted by Gasteiger charge is 2.37. The maximum Gasteiger partial charge on any atom is 0.191 e. The van der Waals surface area contributed by atoms with Crippen LogP contribution in [0.25, 0.3) is 0 Å². The third-order valence-electron chi connectivity index (χ3n) is 3.53. The lowest BCUT2D eigenvalue weighted by Crippen LogP contribution is -2.52. The molecule has 1 heterocycles. The Labute approximate surface area is 113 Å². The maximum absolute atomic E-state index is 12.9. The average Bonchev–Trinajstić information content (AvgIpc) is 2.66. The monoisotopic (exact) mass is 265 g/mol. The number of guanidine groups is 1. The van der Waals surface area contributed by atoms with Gasteiger partial charge in [-0.05, 0) is 31.0 Å². The summed E-state index contributed by atoms with van der Waals surface area (Å²) in [5.41, 5.74) is 6.85. The predicted molar refractivity (Wildman–Crippen MR) is 73.6 cm³/mol. The number of nitrogens with zero attached hydrogens (tertiary/aromatic N) is 2. The van der Waals surface area contributed by atoms with Gasteiger partial charge in [0.15, 0.2) is 5.96 Å². The van der Waals surface area contributed by atoms with Crippen LogP contribution in [0.4, 0.5) is 4.39 Å². The van der Waals surface area contributed by atoms with E-state index in [0.29, 0.717) is 25.7 Å². The zero-order chi connectivity index (χ0) is 13.9. The van der Waals surface area contributed by atoms with Crippen molar-refractivity contribution < 1.29 is 9.13 Å². The van der Waals surface area contributed by atoms with Gasteiger partial charge in [-0.25, -0.2) is 4.39 Å². The molecule has 104 valence electrons. The van der Waals surface area contributed by atoms with Crippen molar-refractivity contribution >= 4 is 5.96 Å². The standard InChI is InChI=1S/C14H20FN3O/c1-14(9-11-3-5-12(15)6-4-11)10-17-13(16)18(14)7-8-19-2/h3-6H,7-10H2,1-2H3,(H2,16,17). The lowest BCUT2D eigenvalue weighted by molar-refractivity contribution is 0.137. The quantitative estimate of drug-likeness (QED) is 0.875. The van der Waals surface area contributed by atoms with Crippen molar-refractivity contribution in [2.24, 2.45) is 10.7 Å². The van der Waals surface area contributed by atoms with Crippen LogP contribution in [0.2, 0.25) is 0 Å². The summed E-state index contributed by atoms with van der Waals surface area (Å²) in [6, 6.07) is 6.59. The number of hydrogen-bond acceptors (Lipinski definition) is 4. The van der Waals surface area contributed by atoms with Crippen molar-refractivity contribution in [1.29, 1.82) is 0 Å². The van der Waals surface area contributed by atoms with Gasteiger partial charge in [0, 0.05) is 13.7 Å². The molecule has 0 saturated heterocycles. The molecule has 2 N–H and O–H groups in total. The van der Waals surface area contributed by atoms with Gasteiger partial charge < -0.3 is 15.4 Å². The lowest BCUT2D eigenvalue weighted by Gasteiger charge is -2.36. The Morgan fingerprint density at radius 1 is 1.42 bits per heavy atom. The van der Waals surface area contributed by atoms with Crippen LogP contribution in [-0.2, 0) is 11.2 Å². The predicted octanol–water partition coefficient (Wildman–Crippen LogP) is 1.40. The largest absolute Gasteiger partial charge is 0.383 e. The summed E-state index contributed by atoms with van der Waals surface area (Å²) in [4.78, 5) is 6.40. The van der Waals surface area contributed by atoms with Crippen molar-refractivity contribution in [2.45, 2.75) is 18.9 Å². The van der Waals surface area contributed by atoms with E-state index in [0.717, 1.165) is 12.0 Å². The molecular formula is C14H20FN3O. The smallest absolute Gasteiger partial charge is 0.191 e. The van der Waals surface area contributed by atoms with Crippen LogP contribution in [0.5, 0.6) is 0 Å². The Morgan fingerprint density at radius 2 is 2.11 bits per heavy atom. The summed E-state index contributed by atoms with van der Waals surface area (Å²) < 4.78 is 18.0. The summed E-state index contributed by atoms with van der Waals surface area (Å²) >= 11 is 0. The third kappa shape index (κ3) is 3.04. The number of nitrogens with two attached hydrogens (primary N) is 1. The van der Waals surface area contributed by atoms with E-state index in [1.165, 1.54) is 12.1 Å². The number of benzene rings is 1. The van der Waals surface area contributed by atoms with Gasteiger partial charge in [0.25, 0.3) is 0 Å². The first kappa shape index (κ1) is 13.8. The Balaban J connectivity index is 2.10. The molecule has 0 aliphatic carbocycles. The van der Waals surface area contributed by atoms with Crippen LogP contribution in [-0.4, -0.2) is 43.2 Å². The molecule has 4 nitrogen and oxygen atoms in total. The molecule has 0 radical (unpaired) electrons. The minimum absolute atomic E-state index is 0.166. The van der Waals surface area contributed by atoms with Crippen molar-refractivity contribution in [3.05, 3.63) is 35.6 Å². The molecule has 5 heteroatoms. The Hall–Kier alpha value is -1.62. The first-order valence-corrected chi connectivity index (χ1v) is 6.36. The van der Waals surface area contributed by atoms with Crippen molar-refractivity contribution in [3.63, 3.8) is 0 Å². The molecule has 1 atom stereocenters. The van der Waals surface area contributed by atoms with E-state index >= 15 is 0 Å². The number of ether oxygens (including phenoxy) is 1. The molecule has 0 amide bonds. The molecule has 1 aromatic rings. The Kier molecular flexibility index (Phi) is 4.04. The third-order valence-corrected chi connectivity index (χ3v) is 3.53. The van der Waals surface area contributed by atoms with Crippen LogP contribution >= 0.6 is 0 Å². The summed E-state index contributed by atoms with van der Waals surface area (Å²) in [7, 11) is 1.67. The molecule has 0 aromatic heterocycles. The molecule has 1 unspecified atom stereocenters. The second-order valence-corrected chi connectivity index (χ2v) is 5.12. The van der Waals surface area contributed by atoms with Crippen LogP contribution in [0.1, 0.15) is 12.5 Å². The molecule has 0 saturated carbocycles. The first-order valence-electron chi connectivity index (χ1n) is 6.36. The van der Waals surface area contributed by atoms with Crippen molar-refractivity contribution in [1.82, 2.24) is 4.90 Å². The highest BCUT2D eigenvalue weighted by Crippen LogP contribution is 2.25. The van der Waals surface area contributed by atoms with E-state index in [4.69, 9.17) is 10.5 Å². The van der Waals surface area contributed by atoms with Gasteiger partial charge in [0.1, 0.15) is 5.82 Å². The van der Waals surface area contributed by atoms with Gasteiger partial charge in [-0.1, -0.05) is 12.1 Å². The van der Waals surface area contributed by atoms with Crippen LogP contribution in [0, 0.1) is 5.82 Å². The Bertz CT molecular complexity index is 460. The number of halogens is 1. The molecule has 0 spiro atoms. The maximum atomic E-state index is 12.9. The van der Waals surface area contributed by atoms with Gasteiger partial charge in [-0.15, -0.1) is 0 Å². The minimum Gasteiger partial charge on any atom is -0.383 e. The fourth-order valence-corrected chi connectivity index (χ4v) is 2.46. The van der Waals surface area contributed by atoms with Crippen LogP contribution in [0.3, 0.4) is 0 Å². The molecule has 1 aromatic carbocycles. The summed E-state index contributed by atoms with van der Waals surface area (Å²) in [6.45, 7) is 4.09. The minimum atomic E-state index is -0.215. The molecule has 0 bridgehead atoms. The van der Waals surface area contributed by atoms with Gasteiger partial charge in [-0.3, -0.25) is 4.99 Å². The first-order chi connectivity index (χ1) is 9.05. The lowest BCUT2D eigenvalue weighted by atomic mass is 9.92. The zero-order valence-electron chi connectivity index (χ0n) is 11.4. The zero-order valence-corrected chi connectivity index (χ0v) is 11.4. The van der Waals surface area contributed by atoms with Gasteiger partial charge in [-0.2, -0.15) is 0 Å². The van der Waals surface area contributed by atoms with Crippen LogP contribution < -0.4 is 5.73 Å². The van der Waals surface area contributed by atoms with Crippen LogP contribution in [0.15, 0.2) is 29.3 Å². The van der Waals surface area contributed by atoms with Crippen molar-refractivity contribution in [2.75, 3.05) is 26.8 Å². The molecule has 2 rings (SSSR count). The molecule has 1 aliphatic rings. The van der Waals surface area contributed by atoms with E-state index in [9.17, 15) is 4.39 Å². The van der Waals surface area contributed by atoms with E-state index < -0.39 is 0 Å². The second-order valence-electron chi connectivity index (χ2n) is 5.12. The highest BCUT2D eigenvalue weighted by atomic mass is 19.1. The Morgan fingerprint density at radius 3 is 2.74 bits per heavy atom. The number of rotatable bonds is 5. The summed E-state index contributed by atoms with van der Waals surface area (Å²) in [5, 5.41) is 0. The highest BCUT2D eigenvalue weighted by molar-refractivity contribution is 5.81. The fraction of sp³-hybridized carbons (Fsp3) is 0.500. The molecule has 0 fully saturated rings. The molecule has 19 heavy (non-hydrogen) atoms. The summed E-state index contributed by atoms with van der Waals surface area (Å²) in [5.74, 6) is 0.342. The van der Waals surface area contributed by atoms with Gasteiger partial charge in [0.05, 0.1) is 18.7 Å². The number of methoxy groups -OCH3 is 1. The topological polar surface area (TPSA) is 50.9 Å². The van der Waals surface area contributed by atoms with Gasteiger partial charge in [0.2, 0.25) is 0 Å². The summed E-state index contributed by atoms with van der Waals surface area (Å²) in [6.07, 6.45) is 0.779. The second kappa shape index (κ2) is 5.57. The number of hydrogen-bond donors (Lipinski definition) is 1. The molecular weight excluding hydrogens is 245 g/mol. The number of aliphatic imine (C=N–C) groups is 1.